The van der Waals surface area contributed by atoms with Gasteiger partial charge in [-0.25, -0.2) is 4.79 Å². The average molecular weight is 674 g/mol. The van der Waals surface area contributed by atoms with Gasteiger partial charge in [-0.05, 0) is 96.5 Å². The van der Waals surface area contributed by atoms with Crippen LogP contribution in [0.3, 0.4) is 0 Å². The number of rotatable bonds is 4. The molecule has 0 aromatic carbocycles. The highest BCUT2D eigenvalue weighted by molar-refractivity contribution is 6.02. The zero-order valence-electron chi connectivity index (χ0n) is 29.3. The molecule has 3 saturated heterocycles. The SMILES string of the molecule is C/C=C(\C)C(=O)OC12OC34CC5C6CN7CC(C)CCC7[C@@](C)(O)C6C(O)[C@H](O)[C@@]5(O)C3[C@H](O)CC1(C(=O)/C(C)=C/C)C4(C)CCC2O. The maximum absolute atomic E-state index is 14.9. The second-order valence-electron chi connectivity index (χ2n) is 17.1. The van der Waals surface area contributed by atoms with E-state index in [2.05, 4.69) is 11.8 Å². The number of carbonyl (C=O) groups excluding carboxylic acids is 2. The van der Waals surface area contributed by atoms with Crippen molar-refractivity contribution in [1.82, 2.24) is 4.90 Å². The summed E-state index contributed by atoms with van der Waals surface area (Å²) < 4.78 is 13.4. The second-order valence-corrected chi connectivity index (χ2v) is 17.1. The quantitative estimate of drug-likeness (QED) is 0.189. The van der Waals surface area contributed by atoms with Crippen LogP contribution in [0.4, 0.5) is 0 Å². The molecule has 0 aromatic rings. The van der Waals surface area contributed by atoms with Gasteiger partial charge in [0.2, 0.25) is 0 Å². The first-order valence-corrected chi connectivity index (χ1v) is 18.0. The molecule has 11 nitrogen and oxygen atoms in total. The van der Waals surface area contributed by atoms with E-state index in [1.54, 1.807) is 46.8 Å². The van der Waals surface area contributed by atoms with Crippen LogP contribution in [0.15, 0.2) is 23.3 Å². The minimum Gasteiger partial charge on any atom is -0.426 e. The van der Waals surface area contributed by atoms with E-state index in [4.69, 9.17) is 9.47 Å². The third-order valence-corrected chi connectivity index (χ3v) is 15.2. The summed E-state index contributed by atoms with van der Waals surface area (Å²) in [5.41, 5.74) is -7.31. The first-order chi connectivity index (χ1) is 22.4. The lowest BCUT2D eigenvalue weighted by molar-refractivity contribution is -0.306. The van der Waals surface area contributed by atoms with Crippen LogP contribution >= 0.6 is 0 Å². The van der Waals surface area contributed by atoms with Gasteiger partial charge in [0, 0.05) is 42.0 Å². The van der Waals surface area contributed by atoms with Crippen molar-refractivity contribution in [1.29, 1.82) is 0 Å². The molecule has 7 fully saturated rings. The molecule has 0 aromatic heterocycles. The molecule has 4 bridgehead atoms. The predicted molar refractivity (Wildman–Crippen MR) is 173 cm³/mol. The molecule has 1 spiro atoms. The van der Waals surface area contributed by atoms with E-state index < -0.39 is 93.3 Å². The lowest BCUT2D eigenvalue weighted by Crippen LogP contribution is -2.77. The summed E-state index contributed by atoms with van der Waals surface area (Å²) in [4.78, 5) is 30.8. The summed E-state index contributed by atoms with van der Waals surface area (Å²) in [6, 6.07) is -0.225. The monoisotopic (exact) mass is 673 g/mol. The fraction of sp³-hybridized carbons (Fsp3) is 0.838. The van der Waals surface area contributed by atoms with Crippen LogP contribution < -0.4 is 0 Å². The molecule has 0 amide bonds. The Labute approximate surface area is 283 Å². The number of aliphatic hydroxyl groups is 6. The number of nitrogens with zero attached hydrogens (tertiary/aromatic N) is 1. The summed E-state index contributed by atoms with van der Waals surface area (Å²) in [6.07, 6.45) is -1.03. The first kappa shape index (κ1) is 34.7. The number of hydrogen-bond acceptors (Lipinski definition) is 11. The highest BCUT2D eigenvalue weighted by atomic mass is 16.7. The molecule has 0 radical (unpaired) electrons. The van der Waals surface area contributed by atoms with Crippen molar-refractivity contribution in [2.24, 2.45) is 40.4 Å². The maximum atomic E-state index is 14.9. The number of ketones is 1. The highest BCUT2D eigenvalue weighted by Gasteiger charge is 2.93. The fourth-order valence-electron chi connectivity index (χ4n) is 12.9. The minimum atomic E-state index is -2.20. The molecule has 12 unspecified atom stereocenters. The van der Waals surface area contributed by atoms with Crippen molar-refractivity contribution in [3.63, 3.8) is 0 Å². The summed E-state index contributed by atoms with van der Waals surface area (Å²) in [6.45, 7) is 13.6. The normalized spacial score (nSPS) is 56.1. The number of ether oxygens (including phenoxy) is 2. The summed E-state index contributed by atoms with van der Waals surface area (Å²) in [7, 11) is 0. The molecule has 4 aliphatic carbocycles. The largest absolute Gasteiger partial charge is 0.426 e. The van der Waals surface area contributed by atoms with Gasteiger partial charge in [0.25, 0.3) is 5.79 Å². The topological polar surface area (TPSA) is 177 Å². The Bertz CT molecular complexity index is 1460. The van der Waals surface area contributed by atoms with Crippen molar-refractivity contribution in [3.05, 3.63) is 23.3 Å². The van der Waals surface area contributed by atoms with Crippen LogP contribution in [0.25, 0.3) is 0 Å². The number of piperidine rings is 2. The van der Waals surface area contributed by atoms with Gasteiger partial charge in [0.05, 0.1) is 23.4 Å². The number of hydrogen-bond donors (Lipinski definition) is 6. The number of Topliss-reactive ketones (excluding diaryl/α,β-unsaturated/α-hetero) is 1. The Hall–Kier alpha value is -1.70. The van der Waals surface area contributed by atoms with E-state index in [1.807, 2.05) is 6.92 Å². The third-order valence-electron chi connectivity index (χ3n) is 15.2. The van der Waals surface area contributed by atoms with Gasteiger partial charge >= 0.3 is 5.97 Å². The first-order valence-electron chi connectivity index (χ1n) is 18.0. The third kappa shape index (κ3) is 3.73. The maximum Gasteiger partial charge on any atom is 0.336 e. The van der Waals surface area contributed by atoms with Crippen molar-refractivity contribution < 1.29 is 49.7 Å². The molecule has 3 aliphatic heterocycles. The molecular weight excluding hydrogens is 618 g/mol. The molecular formula is C37H55NO10. The minimum absolute atomic E-state index is 0.0648. The molecule has 48 heavy (non-hydrogen) atoms. The molecule has 4 saturated carbocycles. The van der Waals surface area contributed by atoms with E-state index in [0.717, 1.165) is 19.4 Å². The van der Waals surface area contributed by atoms with Gasteiger partial charge in [-0.1, -0.05) is 26.0 Å². The van der Waals surface area contributed by atoms with Crippen LogP contribution in [0.5, 0.6) is 0 Å². The number of carbonyl (C=O) groups is 2. The summed E-state index contributed by atoms with van der Waals surface area (Å²) >= 11 is 0. The van der Waals surface area contributed by atoms with Crippen LogP contribution in [-0.4, -0.2) is 113 Å². The molecule has 16 atom stereocenters. The fourth-order valence-corrected chi connectivity index (χ4v) is 12.9. The number of aliphatic hydroxyl groups excluding tert-OH is 4. The zero-order valence-corrected chi connectivity index (χ0v) is 29.3. The Morgan fingerprint density at radius 3 is 2.25 bits per heavy atom. The van der Waals surface area contributed by atoms with Gasteiger partial charge in [0.15, 0.2) is 5.78 Å². The Morgan fingerprint density at radius 2 is 1.60 bits per heavy atom. The summed E-state index contributed by atoms with van der Waals surface area (Å²) in [5.74, 6) is -6.21. The number of allylic oxidation sites excluding steroid dienone is 3. The smallest absolute Gasteiger partial charge is 0.336 e. The van der Waals surface area contributed by atoms with Gasteiger partial charge < -0.3 is 40.1 Å². The molecule has 3 heterocycles. The van der Waals surface area contributed by atoms with E-state index in [9.17, 15) is 40.2 Å². The van der Waals surface area contributed by atoms with E-state index in [0.29, 0.717) is 18.0 Å². The number of fused-ring (bicyclic) bond motifs is 5. The van der Waals surface area contributed by atoms with Gasteiger partial charge in [0.1, 0.15) is 23.2 Å². The van der Waals surface area contributed by atoms with Crippen molar-refractivity contribution in [3.8, 4) is 0 Å². The van der Waals surface area contributed by atoms with Gasteiger partial charge in [-0.2, -0.15) is 0 Å². The van der Waals surface area contributed by atoms with Crippen LogP contribution in [0, 0.1) is 40.4 Å². The van der Waals surface area contributed by atoms with E-state index in [-0.39, 0.29) is 37.3 Å². The van der Waals surface area contributed by atoms with Gasteiger partial charge in [-0.15, -0.1) is 0 Å². The Morgan fingerprint density at radius 1 is 0.938 bits per heavy atom. The summed E-state index contributed by atoms with van der Waals surface area (Å²) in [5, 5.41) is 73.5. The average Bonchev–Trinajstić information content (AvgIpc) is 3.32. The second kappa shape index (κ2) is 10.7. The van der Waals surface area contributed by atoms with Gasteiger partial charge in [-0.3, -0.25) is 9.69 Å². The van der Waals surface area contributed by atoms with E-state index in [1.165, 1.54) is 0 Å². The van der Waals surface area contributed by atoms with Crippen LogP contribution in [0.1, 0.15) is 87.0 Å². The number of esters is 1. The molecule has 7 aliphatic rings. The predicted octanol–water partition coefficient (Wildman–Crippen LogP) is 1.61. The molecule has 11 heteroatoms. The van der Waals surface area contributed by atoms with Crippen molar-refractivity contribution in [2.45, 2.75) is 140 Å². The Kier molecular flexibility index (Phi) is 7.72. The van der Waals surface area contributed by atoms with Crippen LogP contribution in [0.2, 0.25) is 0 Å². The lowest BCUT2D eigenvalue weighted by Gasteiger charge is -2.64. The molecule has 268 valence electrons. The zero-order chi connectivity index (χ0) is 35.1. The highest BCUT2D eigenvalue weighted by Crippen LogP contribution is 2.82. The van der Waals surface area contributed by atoms with Crippen molar-refractivity contribution in [2.75, 3.05) is 13.1 Å². The van der Waals surface area contributed by atoms with E-state index >= 15 is 0 Å². The Balaban J connectivity index is 1.44. The molecule has 7 rings (SSSR count). The standard InChI is InChI=1S/C37H55NO10/c1-8-19(4)29(42)34-15-23(39)28-35(32(34,6)13-12-25(40)37(34,48-35)47-31(44)20(5)9-2)14-22-21-17-38-16-18(3)10-11-24(38)33(7,45)26(21)27(41)30(43)36(22,28)46/h8-9,18,21-28,30,39-41,43,45-46H,10-17H2,1-7H3/b19-8+,20-9+/t18?,21?,22?,23-,24?,25?,26?,27?,28?,30+,32?,33-,34?,35?,36+,37?/m1/s1. The lowest BCUT2D eigenvalue weighted by atomic mass is 9.41. The molecule has 6 N–H and O–H groups in total. The van der Waals surface area contributed by atoms with Crippen molar-refractivity contribution >= 4 is 11.8 Å². The van der Waals surface area contributed by atoms with Crippen LogP contribution in [-0.2, 0) is 19.1 Å².